The number of hydrazine groups is 2. The summed E-state index contributed by atoms with van der Waals surface area (Å²) in [4.78, 5) is 20.5. The van der Waals surface area contributed by atoms with Crippen molar-refractivity contribution in [3.63, 3.8) is 0 Å². The van der Waals surface area contributed by atoms with Crippen LogP contribution in [0.5, 0.6) is 5.75 Å². The van der Waals surface area contributed by atoms with E-state index in [-0.39, 0.29) is 10.8 Å². The first-order valence-corrected chi connectivity index (χ1v) is 6.80. The minimum atomic E-state index is -1.09. The number of phenolic OH excluding ortho intramolecular Hbond substituents is 1. The van der Waals surface area contributed by atoms with Crippen molar-refractivity contribution < 1.29 is 15.2 Å². The molecule has 0 aliphatic carbocycles. The van der Waals surface area contributed by atoms with E-state index in [1.54, 1.807) is 18.2 Å². The van der Waals surface area contributed by atoms with Crippen LogP contribution >= 0.6 is 0 Å². The monoisotopic (exact) mass is 327 g/mol. The number of anilines is 1. The maximum absolute atomic E-state index is 10.2. The highest BCUT2D eigenvalue weighted by molar-refractivity contribution is 5.83. The smallest absolute Gasteiger partial charge is 0.228 e. The summed E-state index contributed by atoms with van der Waals surface area (Å²) in [6.45, 7) is 0. The molecule has 0 aromatic heterocycles. The van der Waals surface area contributed by atoms with E-state index in [1.165, 1.54) is 24.3 Å². The summed E-state index contributed by atoms with van der Waals surface area (Å²) in [6.07, 6.45) is 0. The Kier molecular flexibility index (Phi) is 5.24. The third-order valence-corrected chi connectivity index (χ3v) is 3.03. The lowest BCUT2D eigenvalue weighted by Gasteiger charge is -2.01. The van der Waals surface area contributed by atoms with Gasteiger partial charge in [-0.1, -0.05) is 48.5 Å². The lowest BCUT2D eigenvalue weighted by molar-refractivity contribution is -0.711. The highest BCUT2D eigenvalue weighted by Crippen LogP contribution is 2.18. The van der Waals surface area contributed by atoms with Crippen LogP contribution in [0.4, 0.5) is 5.69 Å². The van der Waals surface area contributed by atoms with E-state index in [4.69, 9.17) is 5.11 Å². The van der Waals surface area contributed by atoms with Gasteiger partial charge < -0.3 is 5.11 Å². The molecular formula is C16H13N3O5. The molecule has 3 rings (SSSR count). The van der Waals surface area contributed by atoms with Gasteiger partial charge in [0.15, 0.2) is 10.8 Å². The predicted molar refractivity (Wildman–Crippen MR) is 88.5 cm³/mol. The summed E-state index contributed by atoms with van der Waals surface area (Å²) in [7, 11) is 0. The van der Waals surface area contributed by atoms with Crippen molar-refractivity contribution in [2.75, 3.05) is 5.12 Å². The number of fused-ring (bicyclic) bond motifs is 1. The summed E-state index contributed by atoms with van der Waals surface area (Å²) in [5.41, 5.74) is -0.0856. The molecule has 24 heavy (non-hydrogen) atoms. The van der Waals surface area contributed by atoms with Crippen molar-refractivity contribution in [1.29, 1.82) is 0 Å². The highest BCUT2D eigenvalue weighted by Gasteiger charge is 2.29. The zero-order valence-electron chi connectivity index (χ0n) is 12.4. The second kappa shape index (κ2) is 7.54. The second-order valence-electron chi connectivity index (χ2n) is 4.63. The Labute approximate surface area is 136 Å². The molecule has 3 aromatic carbocycles. The zero-order chi connectivity index (χ0) is 17.5. The van der Waals surface area contributed by atoms with Crippen LogP contribution < -0.4 is 5.12 Å². The lowest BCUT2D eigenvalue weighted by Crippen LogP contribution is -2.35. The molecule has 0 atom stereocenters. The van der Waals surface area contributed by atoms with Gasteiger partial charge in [0.05, 0.1) is 0 Å². The van der Waals surface area contributed by atoms with E-state index < -0.39 is 10.1 Å². The molecule has 0 saturated carbocycles. The lowest BCUT2D eigenvalue weighted by atomic mass is 10.1. The van der Waals surface area contributed by atoms with Crippen LogP contribution in [-0.2, 0) is 0 Å². The van der Waals surface area contributed by atoms with E-state index in [1.807, 2.05) is 30.3 Å². The topological polar surface area (TPSA) is 110 Å². The summed E-state index contributed by atoms with van der Waals surface area (Å²) < 4.78 is 0. The van der Waals surface area contributed by atoms with E-state index in [2.05, 4.69) is 0 Å². The van der Waals surface area contributed by atoms with Gasteiger partial charge in [-0.3, -0.25) is 0 Å². The fraction of sp³-hybridized carbons (Fsp3) is 0. The predicted octanol–water partition coefficient (Wildman–Crippen LogP) is 3.42. The van der Waals surface area contributed by atoms with Crippen LogP contribution in [0, 0.1) is 20.2 Å². The van der Waals surface area contributed by atoms with Crippen molar-refractivity contribution in [2.45, 2.75) is 0 Å². The van der Waals surface area contributed by atoms with Gasteiger partial charge in [-0.15, -0.1) is 0 Å². The Morgan fingerprint density at radius 2 is 1.29 bits per heavy atom. The second-order valence-corrected chi connectivity index (χ2v) is 4.63. The molecule has 0 aliphatic rings. The molecule has 0 radical (unpaired) electrons. The Morgan fingerprint density at radius 3 is 1.88 bits per heavy atom. The number of para-hydroxylation sites is 1. The van der Waals surface area contributed by atoms with Crippen molar-refractivity contribution in [2.24, 2.45) is 0 Å². The van der Waals surface area contributed by atoms with Crippen LogP contribution in [0.15, 0.2) is 72.8 Å². The Balaban J connectivity index is 0.000000175. The molecule has 0 bridgehead atoms. The van der Waals surface area contributed by atoms with Gasteiger partial charge in [0.1, 0.15) is 5.75 Å². The average molecular weight is 327 g/mol. The molecule has 0 fully saturated rings. The van der Waals surface area contributed by atoms with Crippen LogP contribution in [-0.4, -0.2) is 15.2 Å². The maximum atomic E-state index is 10.2. The molecule has 0 spiro atoms. The largest absolute Gasteiger partial charge is 0.508 e. The normalized spacial score (nSPS) is 9.67. The summed E-state index contributed by atoms with van der Waals surface area (Å²) in [6, 6.07) is 20.5. The van der Waals surface area contributed by atoms with Gasteiger partial charge in [-0.25, -0.2) is 20.2 Å². The Morgan fingerprint density at radius 1 is 0.750 bits per heavy atom. The van der Waals surface area contributed by atoms with E-state index in [0.29, 0.717) is 5.75 Å². The van der Waals surface area contributed by atoms with Gasteiger partial charge in [-0.05, 0) is 35.0 Å². The first-order valence-electron chi connectivity index (χ1n) is 6.80. The Bertz CT molecular complexity index is 840. The molecule has 1 N–H and O–H groups in total. The van der Waals surface area contributed by atoms with Crippen molar-refractivity contribution in [1.82, 2.24) is 0 Å². The Hall–Kier alpha value is -3.68. The summed E-state index contributed by atoms with van der Waals surface area (Å²) >= 11 is 0. The number of benzene rings is 3. The van der Waals surface area contributed by atoms with Gasteiger partial charge in [0.25, 0.3) is 0 Å². The zero-order valence-corrected chi connectivity index (χ0v) is 12.4. The van der Waals surface area contributed by atoms with Crippen molar-refractivity contribution in [3.05, 3.63) is 93.0 Å². The van der Waals surface area contributed by atoms with Crippen molar-refractivity contribution >= 4 is 16.5 Å². The molecule has 0 aliphatic heterocycles. The number of aromatic hydroxyl groups is 1. The highest BCUT2D eigenvalue weighted by atomic mass is 16.8. The quantitative estimate of drug-likeness (QED) is 0.583. The van der Waals surface area contributed by atoms with Crippen LogP contribution in [0.25, 0.3) is 10.8 Å². The molecule has 8 heteroatoms. The molecule has 3 aromatic rings. The fourth-order valence-corrected chi connectivity index (χ4v) is 1.99. The standard InChI is InChI=1S/C10H8O.C6H5N3O4/c11-10-6-5-8-3-1-2-4-9(8)7-10;10-8(11)7(9(12)13)6-4-2-1-3-5-6/h1-7,11H;1-5H. The number of rotatable bonds is 3. The van der Waals surface area contributed by atoms with Crippen molar-refractivity contribution in [3.8, 4) is 5.75 Å². The number of nitrogens with zero attached hydrogens (tertiary/aromatic N) is 3. The summed E-state index contributed by atoms with van der Waals surface area (Å²) in [5, 5.41) is 29.5. The minimum Gasteiger partial charge on any atom is -0.508 e. The number of hydrogen-bond acceptors (Lipinski definition) is 5. The van der Waals surface area contributed by atoms with Crippen LogP contribution in [0.1, 0.15) is 0 Å². The van der Waals surface area contributed by atoms with E-state index in [9.17, 15) is 20.2 Å². The summed E-state index contributed by atoms with van der Waals surface area (Å²) in [5.74, 6) is 0.323. The van der Waals surface area contributed by atoms with Gasteiger partial charge in [0.2, 0.25) is 10.1 Å². The third-order valence-electron chi connectivity index (χ3n) is 3.03. The minimum absolute atomic E-state index is 0.0856. The molecule has 122 valence electrons. The molecule has 8 nitrogen and oxygen atoms in total. The van der Waals surface area contributed by atoms with Gasteiger partial charge in [0, 0.05) is 0 Å². The van der Waals surface area contributed by atoms with Gasteiger partial charge >= 0.3 is 0 Å². The average Bonchev–Trinajstić information content (AvgIpc) is 2.55. The SMILES string of the molecule is O=[N+]([O-])N(c1ccccc1)[N+](=O)[O-].Oc1ccc2ccccc2c1. The fourth-order valence-electron chi connectivity index (χ4n) is 1.99. The third kappa shape index (κ3) is 4.17. The van der Waals surface area contributed by atoms with E-state index >= 15 is 0 Å². The van der Waals surface area contributed by atoms with Crippen LogP contribution in [0.2, 0.25) is 0 Å². The maximum Gasteiger partial charge on any atom is 0.228 e. The molecule has 0 heterocycles. The number of nitro groups is 2. The van der Waals surface area contributed by atoms with Gasteiger partial charge in [-0.2, -0.15) is 0 Å². The first kappa shape index (κ1) is 16.7. The number of phenols is 1. The number of hydrogen-bond donors (Lipinski definition) is 1. The molecule has 0 amide bonds. The molecular weight excluding hydrogens is 314 g/mol. The molecule has 0 unspecified atom stereocenters. The molecule has 0 saturated heterocycles. The van der Waals surface area contributed by atoms with E-state index in [0.717, 1.165) is 10.8 Å². The van der Waals surface area contributed by atoms with Crippen LogP contribution in [0.3, 0.4) is 0 Å². The first-order chi connectivity index (χ1) is 11.5.